The molecule has 1 saturated heterocycles. The molecule has 36 heavy (non-hydrogen) atoms. The largest absolute Gasteiger partial charge is 0.394 e. The Labute approximate surface area is 224 Å². The molecule has 0 amide bonds. The molecule has 5 rings (SSSR count). The van der Waals surface area contributed by atoms with Gasteiger partial charge in [-0.05, 0) is 43.0 Å². The molecule has 1 N–H and O–H groups in total. The predicted octanol–water partition coefficient (Wildman–Crippen LogP) is 5.09. The van der Waals surface area contributed by atoms with Crippen molar-refractivity contribution in [2.24, 2.45) is 4.99 Å². The van der Waals surface area contributed by atoms with Crippen LogP contribution in [0.5, 0.6) is 0 Å². The Bertz CT molecular complexity index is 1150. The normalized spacial score (nSPS) is 17.6. The zero-order chi connectivity index (χ0) is 24.0. The van der Waals surface area contributed by atoms with Crippen LogP contribution in [-0.2, 0) is 17.6 Å². The number of para-hydroxylation sites is 1. The maximum Gasteiger partial charge on any atom is 0.137 e. The van der Waals surface area contributed by atoms with E-state index < -0.39 is 0 Å². The van der Waals surface area contributed by atoms with Gasteiger partial charge in [0.05, 0.1) is 25.5 Å². The first-order valence-electron chi connectivity index (χ1n) is 12.7. The summed E-state index contributed by atoms with van der Waals surface area (Å²) in [4.78, 5) is 13.1. The van der Waals surface area contributed by atoms with E-state index in [1.54, 1.807) is 0 Å². The number of piperazine rings is 1. The number of aryl methyl sites for hydroxylation is 2. The third-order valence-electron chi connectivity index (χ3n) is 7.01. The highest BCUT2D eigenvalue weighted by Crippen LogP contribution is 2.34. The molecule has 0 bridgehead atoms. The highest BCUT2D eigenvalue weighted by atomic mass is 35.5. The summed E-state index contributed by atoms with van der Waals surface area (Å²) >= 11 is 1.90. The van der Waals surface area contributed by atoms with Gasteiger partial charge in [0.25, 0.3) is 0 Å². The SMILES string of the molecule is Cc1cc2c(s1)Cc1ccccc1N=C2N1CCN(CCOCCO)[C@@H](CCc2ccccc2)C1.Cl. The molecule has 0 radical (unpaired) electrons. The third-order valence-corrected chi connectivity index (χ3v) is 8.06. The van der Waals surface area contributed by atoms with Gasteiger partial charge in [-0.15, -0.1) is 23.7 Å². The van der Waals surface area contributed by atoms with Gasteiger partial charge in [-0.3, -0.25) is 4.90 Å². The molecule has 192 valence electrons. The van der Waals surface area contributed by atoms with Crippen molar-refractivity contribution in [1.29, 1.82) is 0 Å². The van der Waals surface area contributed by atoms with Crippen molar-refractivity contribution >= 4 is 35.3 Å². The Kier molecular flexibility index (Phi) is 9.57. The summed E-state index contributed by atoms with van der Waals surface area (Å²) in [5.74, 6) is 1.13. The van der Waals surface area contributed by atoms with Crippen molar-refractivity contribution in [2.75, 3.05) is 46.0 Å². The van der Waals surface area contributed by atoms with E-state index in [9.17, 15) is 0 Å². The number of aliphatic hydroxyl groups excluding tert-OH is 1. The Hall–Kier alpha value is -2.22. The van der Waals surface area contributed by atoms with E-state index in [1.807, 2.05) is 11.3 Å². The van der Waals surface area contributed by atoms with Crippen molar-refractivity contribution in [3.63, 3.8) is 0 Å². The van der Waals surface area contributed by atoms with Crippen LogP contribution >= 0.6 is 23.7 Å². The zero-order valence-corrected chi connectivity index (χ0v) is 22.6. The first-order chi connectivity index (χ1) is 17.2. The van der Waals surface area contributed by atoms with Crippen molar-refractivity contribution < 1.29 is 9.84 Å². The number of ether oxygens (including phenoxy) is 1. The molecule has 2 aliphatic heterocycles. The number of nitrogens with zero attached hydrogens (tertiary/aromatic N) is 3. The standard InChI is InChI=1S/C29H35N3O2S.ClH/c1-22-19-26-28(35-22)20-24-9-5-6-10-27(24)30-29(26)32-14-13-31(15-17-34-18-16-33)25(21-32)12-11-23-7-3-2-4-8-23;/h2-10,19,25,33H,11-18,20-21H2,1H3;1H/t25-;/m0./s1. The molecule has 7 heteroatoms. The molecular weight excluding hydrogens is 490 g/mol. The van der Waals surface area contributed by atoms with Gasteiger partial charge in [0.15, 0.2) is 0 Å². The van der Waals surface area contributed by atoms with Crippen LogP contribution in [0.1, 0.15) is 32.9 Å². The maximum absolute atomic E-state index is 9.06. The van der Waals surface area contributed by atoms with Gasteiger partial charge >= 0.3 is 0 Å². The predicted molar refractivity (Wildman–Crippen MR) is 151 cm³/mol. The van der Waals surface area contributed by atoms with E-state index in [4.69, 9.17) is 14.8 Å². The van der Waals surface area contributed by atoms with E-state index >= 15 is 0 Å². The van der Waals surface area contributed by atoms with Gasteiger partial charge in [0, 0.05) is 54.0 Å². The van der Waals surface area contributed by atoms with E-state index in [0.717, 1.165) is 57.0 Å². The molecule has 1 fully saturated rings. The number of thiophene rings is 1. The van der Waals surface area contributed by atoms with Crippen LogP contribution in [0, 0.1) is 6.92 Å². The molecule has 0 spiro atoms. The minimum atomic E-state index is 0. The van der Waals surface area contributed by atoms with Crippen molar-refractivity contribution in [3.05, 3.63) is 87.1 Å². The lowest BCUT2D eigenvalue weighted by atomic mass is 10.0. The molecular formula is C29H36ClN3O2S. The molecule has 0 unspecified atom stereocenters. The fraction of sp³-hybridized carbons (Fsp3) is 0.414. The summed E-state index contributed by atoms with van der Waals surface area (Å²) in [6.45, 7) is 7.15. The molecule has 2 aromatic carbocycles. The number of amidine groups is 1. The number of rotatable bonds is 8. The summed E-state index contributed by atoms with van der Waals surface area (Å²) < 4.78 is 5.62. The van der Waals surface area contributed by atoms with Gasteiger partial charge in [0.2, 0.25) is 0 Å². The number of benzene rings is 2. The lowest BCUT2D eigenvalue weighted by molar-refractivity contribution is 0.0427. The molecule has 2 aliphatic rings. The van der Waals surface area contributed by atoms with Crippen LogP contribution < -0.4 is 0 Å². The minimum Gasteiger partial charge on any atom is -0.394 e. The summed E-state index contributed by atoms with van der Waals surface area (Å²) in [6.07, 6.45) is 3.11. The van der Waals surface area contributed by atoms with Crippen LogP contribution in [0.3, 0.4) is 0 Å². The quantitative estimate of drug-likeness (QED) is 0.416. The molecule has 3 aromatic rings. The average molecular weight is 526 g/mol. The molecule has 0 aliphatic carbocycles. The number of fused-ring (bicyclic) bond motifs is 2. The Balaban J connectivity index is 0.00000304. The fourth-order valence-electron chi connectivity index (χ4n) is 5.22. The van der Waals surface area contributed by atoms with Gasteiger partial charge in [0.1, 0.15) is 5.84 Å². The molecule has 1 atom stereocenters. The monoisotopic (exact) mass is 525 g/mol. The van der Waals surface area contributed by atoms with Crippen LogP contribution in [-0.4, -0.2) is 72.8 Å². The van der Waals surface area contributed by atoms with Gasteiger partial charge in [-0.2, -0.15) is 0 Å². The summed E-state index contributed by atoms with van der Waals surface area (Å²) in [6, 6.07) is 22.1. The number of aliphatic imine (C=N–C) groups is 1. The van der Waals surface area contributed by atoms with Crippen LogP contribution in [0.15, 0.2) is 65.7 Å². The molecule has 3 heterocycles. The minimum absolute atomic E-state index is 0. The van der Waals surface area contributed by atoms with Gasteiger partial charge in [-0.1, -0.05) is 48.5 Å². The topological polar surface area (TPSA) is 48.3 Å². The maximum atomic E-state index is 9.06. The number of hydrogen-bond donors (Lipinski definition) is 1. The number of aliphatic hydroxyl groups is 1. The van der Waals surface area contributed by atoms with Crippen LogP contribution in [0.4, 0.5) is 5.69 Å². The smallest absolute Gasteiger partial charge is 0.137 e. The second-order valence-corrected chi connectivity index (χ2v) is 10.8. The highest BCUT2D eigenvalue weighted by Gasteiger charge is 2.31. The third kappa shape index (κ3) is 6.36. The Morgan fingerprint density at radius 3 is 2.69 bits per heavy atom. The van der Waals surface area contributed by atoms with Crippen molar-refractivity contribution in [1.82, 2.24) is 9.80 Å². The molecule has 5 nitrogen and oxygen atoms in total. The molecule has 0 saturated carbocycles. The first-order valence-corrected chi connectivity index (χ1v) is 13.5. The Morgan fingerprint density at radius 2 is 1.86 bits per heavy atom. The van der Waals surface area contributed by atoms with Crippen molar-refractivity contribution in [3.8, 4) is 0 Å². The summed E-state index contributed by atoms with van der Waals surface area (Å²) in [5, 5.41) is 9.06. The van der Waals surface area contributed by atoms with Crippen LogP contribution in [0.25, 0.3) is 0 Å². The molecule has 1 aromatic heterocycles. The van der Waals surface area contributed by atoms with E-state index in [0.29, 0.717) is 19.3 Å². The summed E-state index contributed by atoms with van der Waals surface area (Å²) in [5.41, 5.74) is 5.11. The Morgan fingerprint density at radius 1 is 1.06 bits per heavy atom. The van der Waals surface area contributed by atoms with Gasteiger partial charge < -0.3 is 14.7 Å². The zero-order valence-electron chi connectivity index (χ0n) is 20.9. The average Bonchev–Trinajstić information content (AvgIpc) is 3.17. The van der Waals surface area contributed by atoms with Crippen LogP contribution in [0.2, 0.25) is 0 Å². The van der Waals surface area contributed by atoms with E-state index in [1.165, 1.54) is 26.4 Å². The van der Waals surface area contributed by atoms with Crippen molar-refractivity contribution in [2.45, 2.75) is 32.2 Å². The lowest BCUT2D eigenvalue weighted by Gasteiger charge is -2.43. The second kappa shape index (κ2) is 12.8. The summed E-state index contributed by atoms with van der Waals surface area (Å²) in [7, 11) is 0. The second-order valence-electron chi connectivity index (χ2n) is 9.43. The lowest BCUT2D eigenvalue weighted by Crippen LogP contribution is -2.55. The van der Waals surface area contributed by atoms with Gasteiger partial charge in [-0.25, -0.2) is 4.99 Å². The van der Waals surface area contributed by atoms with E-state index in [2.05, 4.69) is 77.4 Å². The first kappa shape index (κ1) is 26.8. The number of halogens is 1. The fourth-order valence-corrected chi connectivity index (χ4v) is 6.27. The highest BCUT2D eigenvalue weighted by molar-refractivity contribution is 7.12. The van der Waals surface area contributed by atoms with E-state index in [-0.39, 0.29) is 19.0 Å². The number of hydrogen-bond acceptors (Lipinski definition) is 6.